The summed E-state index contributed by atoms with van der Waals surface area (Å²) in [6.45, 7) is 3.91. The van der Waals surface area contributed by atoms with Crippen LogP contribution in [0.25, 0.3) is 10.8 Å². The van der Waals surface area contributed by atoms with Gasteiger partial charge in [0.15, 0.2) is 5.76 Å². The molecule has 1 N–H and O–H groups in total. The predicted octanol–water partition coefficient (Wildman–Crippen LogP) is 3.03. The lowest BCUT2D eigenvalue weighted by atomic mass is 10.0. The van der Waals surface area contributed by atoms with Crippen LogP contribution in [0.1, 0.15) is 34.7 Å². The van der Waals surface area contributed by atoms with E-state index in [0.29, 0.717) is 42.9 Å². The van der Waals surface area contributed by atoms with Crippen LogP contribution in [-0.2, 0) is 10.0 Å². The first kappa shape index (κ1) is 19.6. The number of aromatic nitrogens is 1. The van der Waals surface area contributed by atoms with Gasteiger partial charge in [-0.2, -0.15) is 4.31 Å². The Hall–Kier alpha value is -2.71. The van der Waals surface area contributed by atoms with E-state index in [-0.39, 0.29) is 16.8 Å². The molecule has 0 spiro atoms. The molecule has 8 heteroatoms. The number of amides is 1. The van der Waals surface area contributed by atoms with E-state index in [1.807, 2.05) is 42.5 Å². The van der Waals surface area contributed by atoms with Gasteiger partial charge >= 0.3 is 0 Å². The minimum atomic E-state index is -3.65. The molecule has 1 fully saturated rings. The monoisotopic (exact) mass is 413 g/mol. The van der Waals surface area contributed by atoms with E-state index in [2.05, 4.69) is 10.5 Å². The van der Waals surface area contributed by atoms with Crippen LogP contribution in [0.5, 0.6) is 0 Å². The van der Waals surface area contributed by atoms with Gasteiger partial charge in [-0.1, -0.05) is 41.6 Å². The van der Waals surface area contributed by atoms with Gasteiger partial charge in [0.1, 0.15) is 10.6 Å². The Kier molecular flexibility index (Phi) is 5.14. The number of carbonyl (C=O) groups is 1. The van der Waals surface area contributed by atoms with Crippen molar-refractivity contribution in [1.82, 2.24) is 14.8 Å². The van der Waals surface area contributed by atoms with Crippen molar-refractivity contribution in [2.24, 2.45) is 0 Å². The summed E-state index contributed by atoms with van der Waals surface area (Å²) in [6.07, 6.45) is 1.11. The molecule has 1 aliphatic rings. The van der Waals surface area contributed by atoms with E-state index in [9.17, 15) is 13.2 Å². The molecule has 1 amide bonds. The van der Waals surface area contributed by atoms with Crippen LogP contribution < -0.4 is 5.32 Å². The number of nitrogens with one attached hydrogen (secondary N) is 1. The molecular weight excluding hydrogens is 390 g/mol. The highest BCUT2D eigenvalue weighted by Crippen LogP contribution is 2.26. The first-order valence-electron chi connectivity index (χ1n) is 9.59. The Balaban J connectivity index is 1.44. The Morgan fingerprint density at radius 1 is 1.10 bits per heavy atom. The summed E-state index contributed by atoms with van der Waals surface area (Å²) in [6, 6.07) is 13.4. The van der Waals surface area contributed by atoms with Crippen molar-refractivity contribution in [3.05, 3.63) is 59.5 Å². The highest BCUT2D eigenvalue weighted by atomic mass is 32.2. The van der Waals surface area contributed by atoms with Gasteiger partial charge in [0, 0.05) is 24.7 Å². The fourth-order valence-corrected chi connectivity index (χ4v) is 5.66. The second-order valence-corrected chi connectivity index (χ2v) is 9.21. The number of hydrogen-bond donors (Lipinski definition) is 1. The fourth-order valence-electron chi connectivity index (χ4n) is 3.90. The van der Waals surface area contributed by atoms with Gasteiger partial charge < -0.3 is 9.84 Å². The topological polar surface area (TPSA) is 92.5 Å². The minimum Gasteiger partial charge on any atom is -0.360 e. The van der Waals surface area contributed by atoms with Gasteiger partial charge in [0.2, 0.25) is 10.0 Å². The van der Waals surface area contributed by atoms with Gasteiger partial charge in [-0.05, 0) is 43.5 Å². The molecule has 1 aromatic heterocycles. The van der Waals surface area contributed by atoms with Crippen molar-refractivity contribution in [3.8, 4) is 0 Å². The number of fused-ring (bicyclic) bond motifs is 1. The van der Waals surface area contributed by atoms with Crippen molar-refractivity contribution >= 4 is 26.7 Å². The number of piperidine rings is 1. The molecule has 0 saturated carbocycles. The SMILES string of the molecule is Cc1noc(C)c1S(=O)(=O)N1CCC(NC(=O)c2cccc3ccccc23)CC1. The maximum Gasteiger partial charge on any atom is 0.252 e. The summed E-state index contributed by atoms with van der Waals surface area (Å²) in [7, 11) is -3.65. The number of sulfonamides is 1. The largest absolute Gasteiger partial charge is 0.360 e. The molecule has 1 saturated heterocycles. The maximum atomic E-state index is 12.9. The summed E-state index contributed by atoms with van der Waals surface area (Å²) in [5.41, 5.74) is 1.00. The molecule has 2 heterocycles. The molecule has 4 rings (SSSR count). The molecule has 0 aliphatic carbocycles. The van der Waals surface area contributed by atoms with Crippen LogP contribution >= 0.6 is 0 Å². The second-order valence-electron chi connectivity index (χ2n) is 7.33. The van der Waals surface area contributed by atoms with Crippen molar-refractivity contribution in [3.63, 3.8) is 0 Å². The molecule has 0 bridgehead atoms. The van der Waals surface area contributed by atoms with Crippen molar-refractivity contribution in [2.75, 3.05) is 13.1 Å². The molecule has 7 nitrogen and oxygen atoms in total. The zero-order valence-electron chi connectivity index (χ0n) is 16.4. The smallest absolute Gasteiger partial charge is 0.252 e. The van der Waals surface area contributed by atoms with Crippen LogP contribution in [0.15, 0.2) is 51.9 Å². The first-order chi connectivity index (χ1) is 13.9. The number of hydrogen-bond acceptors (Lipinski definition) is 5. The molecule has 152 valence electrons. The minimum absolute atomic E-state index is 0.0717. The lowest BCUT2D eigenvalue weighted by molar-refractivity contribution is 0.0925. The number of nitrogens with zero attached hydrogens (tertiary/aromatic N) is 2. The third-order valence-electron chi connectivity index (χ3n) is 5.39. The number of aryl methyl sites for hydroxylation is 2. The maximum absolute atomic E-state index is 12.9. The summed E-state index contributed by atoms with van der Waals surface area (Å²) in [4.78, 5) is 13.0. The average molecular weight is 413 g/mol. The molecule has 29 heavy (non-hydrogen) atoms. The Labute approximate surface area is 169 Å². The first-order valence-corrected chi connectivity index (χ1v) is 11.0. The lowest BCUT2D eigenvalue weighted by Crippen LogP contribution is -2.46. The lowest BCUT2D eigenvalue weighted by Gasteiger charge is -2.31. The van der Waals surface area contributed by atoms with E-state index in [0.717, 1.165) is 10.8 Å². The van der Waals surface area contributed by atoms with Crippen LogP contribution in [-0.4, -0.2) is 42.9 Å². The molecular formula is C21H23N3O4S. The van der Waals surface area contributed by atoms with Crippen LogP contribution in [0.3, 0.4) is 0 Å². The van der Waals surface area contributed by atoms with Crippen LogP contribution in [0.2, 0.25) is 0 Å². The Morgan fingerprint density at radius 3 is 2.48 bits per heavy atom. The van der Waals surface area contributed by atoms with Crippen molar-refractivity contribution in [2.45, 2.75) is 37.6 Å². The number of benzene rings is 2. The number of rotatable bonds is 4. The Morgan fingerprint density at radius 2 is 1.79 bits per heavy atom. The highest BCUT2D eigenvalue weighted by Gasteiger charge is 2.34. The fraction of sp³-hybridized carbons (Fsp3) is 0.333. The normalized spacial score (nSPS) is 16.2. The van der Waals surface area contributed by atoms with E-state index in [4.69, 9.17) is 4.52 Å². The summed E-state index contributed by atoms with van der Waals surface area (Å²) >= 11 is 0. The van der Waals surface area contributed by atoms with E-state index < -0.39 is 10.0 Å². The molecule has 0 radical (unpaired) electrons. The van der Waals surface area contributed by atoms with Gasteiger partial charge in [0.05, 0.1) is 0 Å². The van der Waals surface area contributed by atoms with Gasteiger partial charge in [-0.3, -0.25) is 4.79 Å². The Bertz CT molecular complexity index is 1140. The summed E-state index contributed by atoms with van der Waals surface area (Å²) < 4.78 is 32.3. The van der Waals surface area contributed by atoms with Crippen molar-refractivity contribution < 1.29 is 17.7 Å². The van der Waals surface area contributed by atoms with Gasteiger partial charge in [-0.25, -0.2) is 8.42 Å². The van der Waals surface area contributed by atoms with E-state index >= 15 is 0 Å². The van der Waals surface area contributed by atoms with E-state index in [1.54, 1.807) is 13.8 Å². The number of carbonyl (C=O) groups excluding carboxylic acids is 1. The zero-order valence-corrected chi connectivity index (χ0v) is 17.2. The van der Waals surface area contributed by atoms with Crippen LogP contribution in [0.4, 0.5) is 0 Å². The zero-order chi connectivity index (χ0) is 20.6. The van der Waals surface area contributed by atoms with Gasteiger partial charge in [-0.15, -0.1) is 0 Å². The molecule has 1 aliphatic heterocycles. The highest BCUT2D eigenvalue weighted by molar-refractivity contribution is 7.89. The summed E-state index contributed by atoms with van der Waals surface area (Å²) in [5.74, 6) is 0.169. The van der Waals surface area contributed by atoms with Crippen LogP contribution in [0, 0.1) is 13.8 Å². The molecule has 2 aromatic carbocycles. The quantitative estimate of drug-likeness (QED) is 0.710. The third kappa shape index (κ3) is 3.65. The van der Waals surface area contributed by atoms with E-state index in [1.165, 1.54) is 4.31 Å². The standard InChI is InChI=1S/C21H23N3O4S/c1-14-20(15(2)28-23-14)29(26,27)24-12-10-17(11-13-24)22-21(25)19-9-5-7-16-6-3-4-8-18(16)19/h3-9,17H,10-13H2,1-2H3,(H,22,25). The molecule has 0 unspecified atom stereocenters. The molecule has 3 aromatic rings. The molecule has 0 atom stereocenters. The summed E-state index contributed by atoms with van der Waals surface area (Å²) in [5, 5.41) is 8.74. The third-order valence-corrected chi connectivity index (χ3v) is 7.53. The van der Waals surface area contributed by atoms with Gasteiger partial charge in [0.25, 0.3) is 5.91 Å². The predicted molar refractivity (Wildman–Crippen MR) is 109 cm³/mol. The van der Waals surface area contributed by atoms with Crippen molar-refractivity contribution in [1.29, 1.82) is 0 Å². The second kappa shape index (κ2) is 7.61. The average Bonchev–Trinajstić information content (AvgIpc) is 3.06.